The first-order chi connectivity index (χ1) is 13.1. The highest BCUT2D eigenvalue weighted by Crippen LogP contribution is 2.33. The lowest BCUT2D eigenvalue weighted by Crippen LogP contribution is -2.02. The second-order valence-corrected chi connectivity index (χ2v) is 6.30. The average Bonchev–Trinajstić information content (AvgIpc) is 3.24. The molecule has 0 saturated heterocycles. The monoisotopic (exact) mass is 358 g/mol. The van der Waals surface area contributed by atoms with E-state index in [1.807, 2.05) is 60.2 Å². The summed E-state index contributed by atoms with van der Waals surface area (Å²) in [6.07, 6.45) is 5.77. The van der Waals surface area contributed by atoms with Crippen molar-refractivity contribution in [3.05, 3.63) is 60.2 Å². The van der Waals surface area contributed by atoms with Crippen molar-refractivity contribution in [1.82, 2.24) is 19.2 Å². The molecule has 0 aliphatic carbocycles. The maximum atomic E-state index is 9.60. The number of aliphatic hydroxyl groups excluding tert-OH is 1. The Kier molecular flexibility index (Phi) is 4.11. The lowest BCUT2D eigenvalue weighted by atomic mass is 10.00. The van der Waals surface area contributed by atoms with Gasteiger partial charge in [0.05, 0.1) is 24.5 Å². The number of nitrogens with zero attached hydrogens (tertiary/aromatic N) is 5. The van der Waals surface area contributed by atoms with E-state index in [2.05, 4.69) is 16.2 Å². The molecule has 0 saturated carbocycles. The van der Waals surface area contributed by atoms with Crippen LogP contribution in [0.1, 0.15) is 11.3 Å². The largest absolute Gasteiger partial charge is 0.394 e. The van der Waals surface area contributed by atoms with E-state index in [0.717, 1.165) is 22.3 Å². The molecular formula is C20H18N6O. The third-order valence-electron chi connectivity index (χ3n) is 4.53. The zero-order valence-electron chi connectivity index (χ0n) is 14.8. The molecule has 0 fully saturated rings. The van der Waals surface area contributed by atoms with Crippen molar-refractivity contribution >= 4 is 11.3 Å². The Labute approximate surface area is 155 Å². The predicted octanol–water partition coefficient (Wildman–Crippen LogP) is 2.62. The molecular weight excluding hydrogens is 340 g/mol. The zero-order chi connectivity index (χ0) is 19.0. The molecule has 0 unspecified atom stereocenters. The van der Waals surface area contributed by atoms with Gasteiger partial charge in [-0.25, -0.2) is 4.98 Å². The Bertz CT molecular complexity index is 1150. The Morgan fingerprint density at radius 2 is 2.07 bits per heavy atom. The Morgan fingerprint density at radius 1 is 1.22 bits per heavy atom. The molecule has 0 atom stereocenters. The molecule has 27 heavy (non-hydrogen) atoms. The molecule has 7 heteroatoms. The Morgan fingerprint density at radius 3 is 2.81 bits per heavy atom. The number of pyridine rings is 2. The number of fused-ring (bicyclic) bond motifs is 1. The van der Waals surface area contributed by atoms with Crippen molar-refractivity contribution in [3.8, 4) is 28.5 Å². The summed E-state index contributed by atoms with van der Waals surface area (Å²) in [6.45, 7) is 2.25. The van der Waals surface area contributed by atoms with Gasteiger partial charge in [-0.1, -0.05) is 6.07 Å². The summed E-state index contributed by atoms with van der Waals surface area (Å²) in [6, 6.07) is 12.0. The van der Waals surface area contributed by atoms with Crippen LogP contribution in [-0.2, 0) is 6.54 Å². The minimum Gasteiger partial charge on any atom is -0.394 e. The Balaban J connectivity index is 1.90. The van der Waals surface area contributed by atoms with Gasteiger partial charge in [0.1, 0.15) is 17.5 Å². The van der Waals surface area contributed by atoms with Crippen molar-refractivity contribution in [2.45, 2.75) is 13.5 Å². The SMILES string of the molecule is Cc1nn(CCO)cc1-c1cc(-c2cc3ccccn3c2)nc(N)c1C#N. The van der Waals surface area contributed by atoms with Gasteiger partial charge in [-0.2, -0.15) is 10.4 Å². The van der Waals surface area contributed by atoms with Gasteiger partial charge >= 0.3 is 0 Å². The number of nitrogens with two attached hydrogens (primary N) is 1. The summed E-state index contributed by atoms with van der Waals surface area (Å²) in [5.41, 5.74) is 11.4. The van der Waals surface area contributed by atoms with Crippen LogP contribution in [0.4, 0.5) is 5.82 Å². The van der Waals surface area contributed by atoms with Crippen molar-refractivity contribution in [2.24, 2.45) is 0 Å². The summed E-state index contributed by atoms with van der Waals surface area (Å²) >= 11 is 0. The fourth-order valence-electron chi connectivity index (χ4n) is 3.24. The molecule has 0 bridgehead atoms. The van der Waals surface area contributed by atoms with Crippen molar-refractivity contribution < 1.29 is 5.11 Å². The zero-order valence-corrected chi connectivity index (χ0v) is 14.8. The highest BCUT2D eigenvalue weighted by atomic mass is 16.3. The van der Waals surface area contributed by atoms with Crippen molar-refractivity contribution in [2.75, 3.05) is 12.3 Å². The van der Waals surface area contributed by atoms with Gasteiger partial charge in [-0.05, 0) is 31.2 Å². The smallest absolute Gasteiger partial charge is 0.142 e. The van der Waals surface area contributed by atoms with E-state index < -0.39 is 0 Å². The van der Waals surface area contributed by atoms with Crippen LogP contribution in [0.5, 0.6) is 0 Å². The molecule has 0 aromatic carbocycles. The lowest BCUT2D eigenvalue weighted by molar-refractivity contribution is 0.269. The van der Waals surface area contributed by atoms with Gasteiger partial charge < -0.3 is 15.2 Å². The normalized spacial score (nSPS) is 11.0. The summed E-state index contributed by atoms with van der Waals surface area (Å²) in [5.74, 6) is 0.189. The van der Waals surface area contributed by atoms with Gasteiger partial charge in [-0.15, -0.1) is 0 Å². The average molecular weight is 358 g/mol. The maximum absolute atomic E-state index is 9.60. The fraction of sp³-hybridized carbons (Fsp3) is 0.150. The van der Waals surface area contributed by atoms with Crippen LogP contribution >= 0.6 is 0 Å². The van der Waals surface area contributed by atoms with Crippen molar-refractivity contribution in [1.29, 1.82) is 5.26 Å². The van der Waals surface area contributed by atoms with Crippen LogP contribution in [0.15, 0.2) is 48.9 Å². The molecule has 3 N–H and O–H groups in total. The number of nitrogen functional groups attached to an aromatic ring is 1. The van der Waals surface area contributed by atoms with E-state index in [-0.39, 0.29) is 12.4 Å². The molecule has 0 amide bonds. The predicted molar refractivity (Wildman–Crippen MR) is 103 cm³/mol. The minimum absolute atomic E-state index is 0.00721. The number of aliphatic hydroxyl groups is 1. The van der Waals surface area contributed by atoms with Gasteiger partial charge in [0.25, 0.3) is 0 Å². The number of hydrogen-bond donors (Lipinski definition) is 2. The molecule has 0 aliphatic heterocycles. The minimum atomic E-state index is -0.00721. The molecule has 0 spiro atoms. The molecule has 0 radical (unpaired) electrons. The van der Waals surface area contributed by atoms with Crippen LogP contribution in [0.2, 0.25) is 0 Å². The first-order valence-electron chi connectivity index (χ1n) is 8.53. The van der Waals surface area contributed by atoms with Crippen LogP contribution in [0.25, 0.3) is 27.9 Å². The number of anilines is 1. The highest BCUT2D eigenvalue weighted by molar-refractivity contribution is 5.81. The third kappa shape index (κ3) is 2.92. The van der Waals surface area contributed by atoms with E-state index >= 15 is 0 Å². The van der Waals surface area contributed by atoms with Crippen LogP contribution in [0, 0.1) is 18.3 Å². The first kappa shape index (κ1) is 16.8. The maximum Gasteiger partial charge on any atom is 0.142 e. The summed E-state index contributed by atoms with van der Waals surface area (Å²) in [4.78, 5) is 4.44. The van der Waals surface area contributed by atoms with E-state index in [0.29, 0.717) is 23.4 Å². The van der Waals surface area contributed by atoms with Gasteiger partial charge in [0.2, 0.25) is 0 Å². The van der Waals surface area contributed by atoms with E-state index in [4.69, 9.17) is 10.8 Å². The summed E-state index contributed by atoms with van der Waals surface area (Å²) in [7, 11) is 0. The number of hydrogen-bond acceptors (Lipinski definition) is 5. The Hall–Kier alpha value is -3.63. The number of nitriles is 1. The van der Waals surface area contributed by atoms with Crippen molar-refractivity contribution in [3.63, 3.8) is 0 Å². The number of aryl methyl sites for hydroxylation is 1. The standard InChI is InChI=1S/C20H18N6O/c1-13-18(12-26(24-13)6-7-27)16-9-19(23-20(22)17(16)10-21)14-8-15-4-2-3-5-25(15)11-14/h2-5,8-9,11-12,27H,6-7H2,1H3,(H2,22,23). The van der Waals surface area contributed by atoms with Crippen LogP contribution in [-0.4, -0.2) is 30.9 Å². The van der Waals surface area contributed by atoms with Gasteiger partial charge in [0.15, 0.2) is 0 Å². The number of aromatic nitrogens is 4. The lowest BCUT2D eigenvalue weighted by Gasteiger charge is -2.08. The van der Waals surface area contributed by atoms with Crippen LogP contribution < -0.4 is 5.73 Å². The van der Waals surface area contributed by atoms with Gasteiger partial charge in [0, 0.05) is 40.8 Å². The van der Waals surface area contributed by atoms with Gasteiger partial charge in [-0.3, -0.25) is 4.68 Å². The topological polar surface area (TPSA) is 105 Å². The third-order valence-corrected chi connectivity index (χ3v) is 4.53. The van der Waals surface area contributed by atoms with E-state index in [9.17, 15) is 5.26 Å². The molecule has 7 nitrogen and oxygen atoms in total. The second-order valence-electron chi connectivity index (χ2n) is 6.30. The molecule has 4 heterocycles. The molecule has 134 valence electrons. The van der Waals surface area contributed by atoms with E-state index in [1.165, 1.54) is 0 Å². The van der Waals surface area contributed by atoms with Crippen LogP contribution in [0.3, 0.4) is 0 Å². The molecule has 4 rings (SSSR count). The second kappa shape index (κ2) is 6.59. The van der Waals surface area contributed by atoms with E-state index in [1.54, 1.807) is 4.68 Å². The highest BCUT2D eigenvalue weighted by Gasteiger charge is 2.17. The molecule has 0 aliphatic rings. The summed E-state index contributed by atoms with van der Waals surface area (Å²) in [5, 5.41) is 23.1. The summed E-state index contributed by atoms with van der Waals surface area (Å²) < 4.78 is 3.67. The molecule has 4 aromatic heterocycles. The fourth-order valence-corrected chi connectivity index (χ4v) is 3.24. The quantitative estimate of drug-likeness (QED) is 0.583. The first-order valence-corrected chi connectivity index (χ1v) is 8.53. The molecule has 4 aromatic rings. The number of rotatable bonds is 4.